The molecule has 1 aromatic carbocycles. The third-order valence-electron chi connectivity index (χ3n) is 4.46. The molecule has 23 heavy (non-hydrogen) atoms. The summed E-state index contributed by atoms with van der Waals surface area (Å²) in [6.45, 7) is 4.53. The van der Waals surface area contributed by atoms with Crippen molar-refractivity contribution in [1.82, 2.24) is 5.32 Å². The number of benzene rings is 1. The summed E-state index contributed by atoms with van der Waals surface area (Å²) >= 11 is 6.03. The van der Waals surface area contributed by atoms with E-state index in [1.165, 1.54) is 0 Å². The normalized spacial score (nSPS) is 15.1. The van der Waals surface area contributed by atoms with Crippen molar-refractivity contribution in [2.75, 3.05) is 18.0 Å². The number of hydrogen-bond donors (Lipinski definition) is 2. The zero-order chi connectivity index (χ0) is 17.0. The number of nitrogens with zero attached hydrogens (tertiary/aromatic N) is 1. The molecule has 1 fully saturated rings. The van der Waals surface area contributed by atoms with E-state index >= 15 is 0 Å². The van der Waals surface area contributed by atoms with E-state index in [1.54, 1.807) is 23.1 Å². The maximum atomic E-state index is 12.5. The van der Waals surface area contributed by atoms with Crippen LogP contribution < -0.4 is 10.2 Å². The maximum absolute atomic E-state index is 12.5. The van der Waals surface area contributed by atoms with Gasteiger partial charge in [0.25, 0.3) is 5.91 Å². The minimum Gasteiger partial charge on any atom is -0.388 e. The summed E-state index contributed by atoms with van der Waals surface area (Å²) in [5.74, 6) is -0.309. The third-order valence-corrected chi connectivity index (χ3v) is 4.70. The lowest BCUT2D eigenvalue weighted by atomic mass is 9.97. The Morgan fingerprint density at radius 2 is 2.09 bits per heavy atom. The van der Waals surface area contributed by atoms with Gasteiger partial charge >= 0.3 is 0 Å². The number of hydrogen-bond acceptors (Lipinski definition) is 3. The van der Waals surface area contributed by atoms with Gasteiger partial charge in [-0.15, -0.1) is 0 Å². The molecule has 0 atom stereocenters. The van der Waals surface area contributed by atoms with Gasteiger partial charge in [0.2, 0.25) is 5.91 Å². The second-order valence-electron chi connectivity index (χ2n) is 5.92. The molecule has 0 aromatic heterocycles. The molecule has 1 aliphatic heterocycles. The summed E-state index contributed by atoms with van der Waals surface area (Å²) in [7, 11) is 0. The molecule has 1 aliphatic rings. The van der Waals surface area contributed by atoms with Crippen LogP contribution in [0, 0.1) is 0 Å². The Morgan fingerprint density at radius 1 is 1.39 bits per heavy atom. The number of anilines is 1. The predicted octanol–water partition coefficient (Wildman–Crippen LogP) is 2.75. The summed E-state index contributed by atoms with van der Waals surface area (Å²) in [6, 6.07) is 4.90. The van der Waals surface area contributed by atoms with Gasteiger partial charge in [0.05, 0.1) is 16.9 Å². The molecule has 1 aromatic rings. The lowest BCUT2D eigenvalue weighted by Crippen LogP contribution is -2.42. The maximum Gasteiger partial charge on any atom is 0.253 e. The van der Waals surface area contributed by atoms with Crippen molar-refractivity contribution in [3.8, 4) is 0 Å². The van der Waals surface area contributed by atoms with Crippen molar-refractivity contribution >= 4 is 29.1 Å². The summed E-state index contributed by atoms with van der Waals surface area (Å²) in [5.41, 5.74) is 0.0272. The summed E-state index contributed by atoms with van der Waals surface area (Å²) in [6.07, 6.45) is 2.38. The molecule has 0 saturated carbocycles. The van der Waals surface area contributed by atoms with Crippen molar-refractivity contribution in [2.45, 2.75) is 45.1 Å². The molecule has 2 rings (SSSR count). The first kappa shape index (κ1) is 17.8. The minimum atomic E-state index is -0.911. The SMILES string of the molecule is CCC(O)(CC)CNC(=O)c1ccc(Cl)cc1N1CCCC1=O. The van der Waals surface area contributed by atoms with Gasteiger partial charge in [-0.05, 0) is 37.5 Å². The van der Waals surface area contributed by atoms with Crippen LogP contribution >= 0.6 is 11.6 Å². The second-order valence-corrected chi connectivity index (χ2v) is 6.36. The van der Waals surface area contributed by atoms with Crippen LogP contribution in [0.4, 0.5) is 5.69 Å². The van der Waals surface area contributed by atoms with Crippen molar-refractivity contribution in [2.24, 2.45) is 0 Å². The number of amides is 2. The van der Waals surface area contributed by atoms with E-state index in [2.05, 4.69) is 5.32 Å². The van der Waals surface area contributed by atoms with Gasteiger partial charge in [0, 0.05) is 24.5 Å². The highest BCUT2D eigenvalue weighted by molar-refractivity contribution is 6.31. The number of carbonyl (C=O) groups is 2. The average molecular weight is 339 g/mol. The van der Waals surface area contributed by atoms with Crippen molar-refractivity contribution in [3.05, 3.63) is 28.8 Å². The lowest BCUT2D eigenvalue weighted by molar-refractivity contribution is -0.117. The summed E-state index contributed by atoms with van der Waals surface area (Å²) in [5, 5.41) is 13.5. The molecule has 1 saturated heterocycles. The number of aliphatic hydroxyl groups is 1. The van der Waals surface area contributed by atoms with E-state index in [-0.39, 0.29) is 18.4 Å². The molecule has 5 nitrogen and oxygen atoms in total. The molecule has 2 N–H and O–H groups in total. The number of rotatable bonds is 6. The molecule has 1 heterocycles. The van der Waals surface area contributed by atoms with Crippen LogP contribution in [0.15, 0.2) is 18.2 Å². The van der Waals surface area contributed by atoms with Gasteiger partial charge in [0.1, 0.15) is 0 Å². The van der Waals surface area contributed by atoms with Crippen LogP contribution in [-0.4, -0.2) is 35.6 Å². The van der Waals surface area contributed by atoms with Gasteiger partial charge in [-0.3, -0.25) is 9.59 Å². The van der Waals surface area contributed by atoms with Gasteiger partial charge < -0.3 is 15.3 Å². The Hall–Kier alpha value is -1.59. The van der Waals surface area contributed by atoms with Crippen LogP contribution in [0.25, 0.3) is 0 Å². The molecule has 2 amide bonds. The Morgan fingerprint density at radius 3 is 2.65 bits per heavy atom. The number of carbonyl (C=O) groups excluding carboxylic acids is 2. The Kier molecular flexibility index (Phi) is 5.65. The molecule has 0 unspecified atom stereocenters. The fraction of sp³-hybridized carbons (Fsp3) is 0.529. The first-order valence-electron chi connectivity index (χ1n) is 8.00. The third kappa shape index (κ3) is 4.03. The Balaban J connectivity index is 2.21. The van der Waals surface area contributed by atoms with Crippen LogP contribution in [0.1, 0.15) is 49.9 Å². The largest absolute Gasteiger partial charge is 0.388 e. The molecule has 126 valence electrons. The van der Waals surface area contributed by atoms with Crippen molar-refractivity contribution in [1.29, 1.82) is 0 Å². The van der Waals surface area contributed by atoms with Crippen LogP contribution in [0.5, 0.6) is 0 Å². The zero-order valence-electron chi connectivity index (χ0n) is 13.6. The van der Waals surface area contributed by atoms with E-state index < -0.39 is 5.60 Å². The van der Waals surface area contributed by atoms with E-state index in [4.69, 9.17) is 11.6 Å². The molecule has 0 aliphatic carbocycles. The fourth-order valence-electron chi connectivity index (χ4n) is 2.66. The van der Waals surface area contributed by atoms with Crippen LogP contribution in [-0.2, 0) is 4.79 Å². The van der Waals surface area contributed by atoms with Crippen LogP contribution in [0.2, 0.25) is 5.02 Å². The summed E-state index contributed by atoms with van der Waals surface area (Å²) in [4.78, 5) is 26.1. The topological polar surface area (TPSA) is 69.6 Å². The molecule has 0 radical (unpaired) electrons. The molecule has 0 bridgehead atoms. The zero-order valence-corrected chi connectivity index (χ0v) is 14.3. The van der Waals surface area contributed by atoms with Gasteiger partial charge in [-0.1, -0.05) is 25.4 Å². The average Bonchev–Trinajstić information content (AvgIpc) is 2.98. The predicted molar refractivity (Wildman–Crippen MR) is 90.9 cm³/mol. The van der Waals surface area contributed by atoms with E-state index in [1.807, 2.05) is 13.8 Å². The number of halogens is 1. The highest BCUT2D eigenvalue weighted by atomic mass is 35.5. The standard InChI is InChI=1S/C17H23ClN2O3/c1-3-17(23,4-2)11-19-16(22)13-8-7-12(18)10-14(13)20-9-5-6-15(20)21/h7-8,10,23H,3-6,9,11H2,1-2H3,(H,19,22). The van der Waals surface area contributed by atoms with Crippen molar-refractivity contribution in [3.63, 3.8) is 0 Å². The monoisotopic (exact) mass is 338 g/mol. The minimum absolute atomic E-state index is 0.0000574. The highest BCUT2D eigenvalue weighted by Crippen LogP contribution is 2.28. The number of nitrogens with one attached hydrogen (secondary N) is 1. The van der Waals surface area contributed by atoms with Crippen LogP contribution in [0.3, 0.4) is 0 Å². The quantitative estimate of drug-likeness (QED) is 0.838. The molecular formula is C17H23ClN2O3. The summed E-state index contributed by atoms with van der Waals surface area (Å²) < 4.78 is 0. The highest BCUT2D eigenvalue weighted by Gasteiger charge is 2.28. The molecule has 6 heteroatoms. The lowest BCUT2D eigenvalue weighted by Gasteiger charge is -2.26. The van der Waals surface area contributed by atoms with Gasteiger partial charge in [0.15, 0.2) is 0 Å². The molecular weight excluding hydrogens is 316 g/mol. The Labute approximate surface area is 141 Å². The van der Waals surface area contributed by atoms with Crippen molar-refractivity contribution < 1.29 is 14.7 Å². The second kappa shape index (κ2) is 7.32. The van der Waals surface area contributed by atoms with E-state index in [0.29, 0.717) is 42.1 Å². The molecule has 0 spiro atoms. The van der Waals surface area contributed by atoms with Gasteiger partial charge in [-0.2, -0.15) is 0 Å². The Bertz CT molecular complexity index is 600. The van der Waals surface area contributed by atoms with E-state index in [0.717, 1.165) is 6.42 Å². The van der Waals surface area contributed by atoms with Gasteiger partial charge in [-0.25, -0.2) is 0 Å². The smallest absolute Gasteiger partial charge is 0.253 e. The fourth-order valence-corrected chi connectivity index (χ4v) is 2.83. The first-order valence-corrected chi connectivity index (χ1v) is 8.38. The first-order chi connectivity index (χ1) is 10.9. The van der Waals surface area contributed by atoms with E-state index in [9.17, 15) is 14.7 Å².